The molecule has 0 saturated heterocycles. The third kappa shape index (κ3) is 4.56. The summed E-state index contributed by atoms with van der Waals surface area (Å²) in [7, 11) is 1.63. The van der Waals surface area contributed by atoms with Gasteiger partial charge in [0.05, 0.1) is 19.3 Å². The van der Waals surface area contributed by atoms with Crippen molar-refractivity contribution in [1.82, 2.24) is 24.6 Å². The van der Waals surface area contributed by atoms with E-state index < -0.39 is 23.3 Å². The first-order chi connectivity index (χ1) is 16.9. The Morgan fingerprint density at radius 2 is 2.00 bits per heavy atom. The van der Waals surface area contributed by atoms with E-state index in [1.807, 2.05) is 31.2 Å². The van der Waals surface area contributed by atoms with Crippen LogP contribution in [0, 0.1) is 11.6 Å². The molecule has 0 aliphatic carbocycles. The number of hydrogen-bond acceptors (Lipinski definition) is 7. The van der Waals surface area contributed by atoms with Crippen molar-refractivity contribution in [2.75, 3.05) is 13.7 Å². The summed E-state index contributed by atoms with van der Waals surface area (Å²) < 4.78 is 35.3. The van der Waals surface area contributed by atoms with Crippen LogP contribution in [0.1, 0.15) is 23.1 Å². The molecule has 4 aromatic rings. The predicted octanol–water partition coefficient (Wildman–Crippen LogP) is 4.02. The molecule has 0 amide bonds. The van der Waals surface area contributed by atoms with Gasteiger partial charge >= 0.3 is 0 Å². The molecule has 2 aromatic heterocycles. The van der Waals surface area contributed by atoms with E-state index in [1.54, 1.807) is 18.4 Å². The number of aliphatic hydroxyl groups is 1. The number of aromatic nitrogens is 4. The van der Waals surface area contributed by atoms with Gasteiger partial charge in [-0.1, -0.05) is 6.07 Å². The maximum absolute atomic E-state index is 14.9. The van der Waals surface area contributed by atoms with Crippen molar-refractivity contribution in [3.8, 4) is 16.3 Å². The van der Waals surface area contributed by atoms with E-state index >= 15 is 0 Å². The molecular weight excluding hydrogens is 472 g/mol. The van der Waals surface area contributed by atoms with Gasteiger partial charge < -0.3 is 9.84 Å². The average Bonchev–Trinajstić information content (AvgIpc) is 3.52. The number of rotatable bonds is 7. The van der Waals surface area contributed by atoms with Gasteiger partial charge in [-0.25, -0.2) is 23.4 Å². The van der Waals surface area contributed by atoms with Crippen molar-refractivity contribution < 1.29 is 18.6 Å². The second-order valence-electron chi connectivity index (χ2n) is 8.66. The summed E-state index contributed by atoms with van der Waals surface area (Å²) in [6.07, 6.45) is 3.53. The molecule has 7 nitrogen and oxygen atoms in total. The molecule has 0 saturated carbocycles. The van der Waals surface area contributed by atoms with E-state index in [0.29, 0.717) is 19.5 Å². The predicted molar refractivity (Wildman–Crippen MR) is 128 cm³/mol. The van der Waals surface area contributed by atoms with E-state index in [9.17, 15) is 13.9 Å². The van der Waals surface area contributed by atoms with Crippen LogP contribution in [-0.2, 0) is 25.1 Å². The highest BCUT2D eigenvalue weighted by molar-refractivity contribution is 7.15. The minimum Gasteiger partial charge on any atom is -0.497 e. The summed E-state index contributed by atoms with van der Waals surface area (Å²) in [5.41, 5.74) is 0.404. The molecule has 1 N–H and O–H groups in total. The van der Waals surface area contributed by atoms with E-state index in [0.717, 1.165) is 39.0 Å². The molecule has 5 rings (SSSR count). The first kappa shape index (κ1) is 23.5. The Labute approximate surface area is 205 Å². The summed E-state index contributed by atoms with van der Waals surface area (Å²) in [4.78, 5) is 12.0. The fourth-order valence-electron chi connectivity index (χ4n) is 4.55. The van der Waals surface area contributed by atoms with Crippen LogP contribution < -0.4 is 4.74 Å². The van der Waals surface area contributed by atoms with Crippen LogP contribution in [0.2, 0.25) is 0 Å². The van der Waals surface area contributed by atoms with Gasteiger partial charge in [-0.15, -0.1) is 11.3 Å². The molecule has 1 aliphatic heterocycles. The molecule has 0 bridgehead atoms. The van der Waals surface area contributed by atoms with Crippen molar-refractivity contribution in [3.63, 3.8) is 0 Å². The quantitative estimate of drug-likeness (QED) is 0.416. The number of hydrogen-bond donors (Lipinski definition) is 1. The lowest BCUT2D eigenvalue weighted by molar-refractivity contribution is -0.0675. The molecule has 0 fully saturated rings. The van der Waals surface area contributed by atoms with Gasteiger partial charge in [-0.3, -0.25) is 4.90 Å². The van der Waals surface area contributed by atoms with Crippen LogP contribution in [0.4, 0.5) is 8.78 Å². The molecule has 0 unspecified atom stereocenters. The van der Waals surface area contributed by atoms with E-state index in [2.05, 4.69) is 15.0 Å². The summed E-state index contributed by atoms with van der Waals surface area (Å²) in [5, 5.41) is 16.9. The van der Waals surface area contributed by atoms with Gasteiger partial charge in [0, 0.05) is 47.6 Å². The zero-order valence-corrected chi connectivity index (χ0v) is 20.2. The maximum Gasteiger partial charge on any atom is 0.137 e. The molecular formula is C25H25F2N5O2S. The molecule has 35 heavy (non-hydrogen) atoms. The van der Waals surface area contributed by atoms with Gasteiger partial charge in [0.25, 0.3) is 0 Å². The first-order valence-corrected chi connectivity index (χ1v) is 12.1. The van der Waals surface area contributed by atoms with E-state index in [-0.39, 0.29) is 12.1 Å². The Hall–Kier alpha value is -3.21. The molecule has 1 aliphatic rings. The highest BCUT2D eigenvalue weighted by atomic mass is 32.1. The number of ether oxygens (including phenoxy) is 1. The number of methoxy groups -OCH3 is 1. The maximum atomic E-state index is 14.9. The van der Waals surface area contributed by atoms with Gasteiger partial charge in [-0.2, -0.15) is 5.10 Å². The number of halogens is 2. The lowest BCUT2D eigenvalue weighted by Crippen LogP contribution is -2.53. The van der Waals surface area contributed by atoms with Gasteiger partial charge in [0.15, 0.2) is 0 Å². The minimum atomic E-state index is -1.67. The van der Waals surface area contributed by atoms with E-state index in [1.165, 1.54) is 23.4 Å². The Kier molecular flexibility index (Phi) is 6.35. The smallest absolute Gasteiger partial charge is 0.137 e. The van der Waals surface area contributed by atoms with Crippen molar-refractivity contribution in [2.24, 2.45) is 0 Å². The minimum absolute atomic E-state index is 0.0240. The fraction of sp³-hybridized carbons (Fsp3) is 0.320. The van der Waals surface area contributed by atoms with Crippen molar-refractivity contribution in [1.29, 1.82) is 0 Å². The fourth-order valence-corrected chi connectivity index (χ4v) is 5.69. The highest BCUT2D eigenvalue weighted by Gasteiger charge is 2.43. The summed E-state index contributed by atoms with van der Waals surface area (Å²) >= 11 is 1.61. The first-order valence-electron chi connectivity index (χ1n) is 11.2. The summed E-state index contributed by atoms with van der Waals surface area (Å²) in [5.74, 6) is -0.702. The normalized spacial score (nSPS) is 16.5. The zero-order valence-electron chi connectivity index (χ0n) is 19.4. The Morgan fingerprint density at radius 1 is 1.20 bits per heavy atom. The number of nitrogens with zero attached hydrogens (tertiary/aromatic N) is 5. The highest BCUT2D eigenvalue weighted by Crippen LogP contribution is 2.37. The molecule has 10 heteroatoms. The second-order valence-corrected chi connectivity index (χ2v) is 9.74. The van der Waals surface area contributed by atoms with Crippen LogP contribution in [-0.4, -0.2) is 49.5 Å². The van der Waals surface area contributed by atoms with Crippen LogP contribution in [0.3, 0.4) is 0 Å². The largest absolute Gasteiger partial charge is 0.497 e. The molecule has 182 valence electrons. The average molecular weight is 498 g/mol. The van der Waals surface area contributed by atoms with Crippen LogP contribution in [0.15, 0.2) is 55.1 Å². The number of thiazole rings is 1. The zero-order chi connectivity index (χ0) is 24.6. The molecule has 0 spiro atoms. The third-order valence-electron chi connectivity index (χ3n) is 6.60. The molecule has 0 radical (unpaired) electrons. The van der Waals surface area contributed by atoms with Crippen molar-refractivity contribution in [2.45, 2.75) is 38.1 Å². The molecule has 3 heterocycles. The van der Waals surface area contributed by atoms with Gasteiger partial charge in [0.2, 0.25) is 0 Å². The van der Waals surface area contributed by atoms with Crippen LogP contribution >= 0.6 is 11.3 Å². The topological polar surface area (TPSA) is 76.3 Å². The Balaban J connectivity index is 1.44. The molecule has 2 aromatic carbocycles. The third-order valence-corrected chi connectivity index (χ3v) is 7.74. The van der Waals surface area contributed by atoms with Gasteiger partial charge in [-0.05, 0) is 37.3 Å². The number of fused-ring (bicyclic) bond motifs is 1. The van der Waals surface area contributed by atoms with Crippen molar-refractivity contribution >= 4 is 11.3 Å². The lowest BCUT2D eigenvalue weighted by atomic mass is 9.85. The van der Waals surface area contributed by atoms with Gasteiger partial charge in [0.1, 0.15) is 40.6 Å². The Bertz CT molecular complexity index is 1310. The van der Waals surface area contributed by atoms with Crippen molar-refractivity contribution in [3.05, 3.63) is 82.9 Å². The monoisotopic (exact) mass is 497 g/mol. The SMILES string of the molecule is COc1ccc(-c2nc3c(s2)CN([C@H](C)[C@](O)(Cn2cncn2)c2ccc(F)cc2F)CC3)cc1. The number of benzene rings is 2. The van der Waals surface area contributed by atoms with Crippen LogP contribution in [0.5, 0.6) is 5.75 Å². The second kappa shape index (κ2) is 9.44. The standard InChI is InChI=1S/C25H25F2N5O2S/c1-16(25(33,13-32-15-28-14-29-32)20-8-5-18(26)11-21(20)27)31-10-9-22-23(12-31)35-24(30-22)17-3-6-19(34-2)7-4-17/h3-8,11,14-16,33H,9-10,12-13H2,1-2H3/t16-,25-/m1/s1. The summed E-state index contributed by atoms with van der Waals surface area (Å²) in [6, 6.07) is 10.5. The summed E-state index contributed by atoms with van der Waals surface area (Å²) in [6.45, 7) is 3.03. The van der Waals surface area contributed by atoms with Crippen LogP contribution in [0.25, 0.3) is 10.6 Å². The Morgan fingerprint density at radius 3 is 2.69 bits per heavy atom. The van der Waals surface area contributed by atoms with E-state index in [4.69, 9.17) is 9.72 Å². The molecule has 2 atom stereocenters. The lowest BCUT2D eigenvalue weighted by Gasteiger charge is -2.42.